The molecule has 53 heavy (non-hydrogen) atoms. The van der Waals surface area contributed by atoms with Gasteiger partial charge in [0.2, 0.25) is 0 Å². The summed E-state index contributed by atoms with van der Waals surface area (Å²) in [5.74, 6) is -1.60. The molecule has 6 nitrogen and oxygen atoms in total. The molecule has 0 spiro atoms. The number of carboxylic acids is 1. The maximum absolute atomic E-state index is 13.2. The van der Waals surface area contributed by atoms with E-state index in [2.05, 4.69) is 50.2 Å². The van der Waals surface area contributed by atoms with E-state index in [-0.39, 0.29) is 17.1 Å². The van der Waals surface area contributed by atoms with Crippen LogP contribution in [-0.4, -0.2) is 35.7 Å². The van der Waals surface area contributed by atoms with E-state index in [9.17, 15) is 19.2 Å². The molecule has 0 heterocycles. The van der Waals surface area contributed by atoms with Crippen LogP contribution in [-0.2, 0) is 4.74 Å². The normalized spacial score (nSPS) is 10.5. The predicted molar refractivity (Wildman–Crippen MR) is 210 cm³/mol. The number of carbonyl (C=O) groups excluding carboxylic acids is 3. The largest absolute Gasteiger partial charge is 0.478 e. The number of carboxylic acid groups (broad SMARTS) is 1. The summed E-state index contributed by atoms with van der Waals surface area (Å²) < 4.78 is 4.71. The van der Waals surface area contributed by atoms with Gasteiger partial charge in [0.05, 0.1) is 18.2 Å². The number of aromatic carboxylic acids is 1. The maximum Gasteiger partial charge on any atom is 0.337 e. The van der Waals surface area contributed by atoms with Crippen molar-refractivity contribution >= 4 is 23.5 Å². The van der Waals surface area contributed by atoms with Crippen molar-refractivity contribution in [3.8, 4) is 22.3 Å². The first-order valence-electron chi connectivity index (χ1n) is 17.2. The highest BCUT2D eigenvalue weighted by Gasteiger charge is 2.18. The van der Waals surface area contributed by atoms with Gasteiger partial charge in [0.25, 0.3) is 0 Å². The highest BCUT2D eigenvalue weighted by atomic mass is 16.5. The molecule has 0 amide bonds. The van der Waals surface area contributed by atoms with Gasteiger partial charge in [0.1, 0.15) is 0 Å². The summed E-state index contributed by atoms with van der Waals surface area (Å²) >= 11 is 0. The van der Waals surface area contributed by atoms with Gasteiger partial charge in [-0.15, -0.1) is 0 Å². The van der Waals surface area contributed by atoms with Crippen LogP contribution in [0.5, 0.6) is 0 Å². The van der Waals surface area contributed by atoms with E-state index in [0.717, 1.165) is 55.6 Å². The molecular formula is C47H42O6. The quantitative estimate of drug-likeness (QED) is 0.125. The highest BCUT2D eigenvalue weighted by Crippen LogP contribution is 2.30. The number of benzene rings is 6. The summed E-state index contributed by atoms with van der Waals surface area (Å²) in [6.45, 7) is 12.1. The van der Waals surface area contributed by atoms with Crippen LogP contribution in [0.3, 0.4) is 0 Å². The lowest BCUT2D eigenvalue weighted by Crippen LogP contribution is -2.06. The second kappa shape index (κ2) is 16.3. The van der Waals surface area contributed by atoms with Gasteiger partial charge in [-0.05, 0) is 100 Å². The van der Waals surface area contributed by atoms with E-state index < -0.39 is 11.9 Å². The number of carbonyl (C=O) groups is 4. The number of ketones is 2. The molecule has 1 N–H and O–H groups in total. The first-order chi connectivity index (χ1) is 25.2. The molecule has 0 saturated heterocycles. The van der Waals surface area contributed by atoms with Crippen LogP contribution >= 0.6 is 0 Å². The second-order valence-corrected chi connectivity index (χ2v) is 13.5. The van der Waals surface area contributed by atoms with E-state index in [0.29, 0.717) is 27.8 Å². The Bertz CT molecular complexity index is 2310. The molecule has 266 valence electrons. The summed E-state index contributed by atoms with van der Waals surface area (Å²) in [5, 5.41) is 9.03. The molecule has 0 saturated carbocycles. The summed E-state index contributed by atoms with van der Waals surface area (Å²) in [6, 6.07) is 37.0. The zero-order valence-electron chi connectivity index (χ0n) is 31.0. The zero-order chi connectivity index (χ0) is 38.4. The first kappa shape index (κ1) is 37.8. The molecule has 6 heteroatoms. The Morgan fingerprint density at radius 1 is 0.415 bits per heavy atom. The number of hydrogen-bond donors (Lipinski definition) is 1. The summed E-state index contributed by atoms with van der Waals surface area (Å²) in [5.41, 5.74) is 13.4. The average molecular weight is 703 g/mol. The van der Waals surface area contributed by atoms with Crippen LogP contribution < -0.4 is 0 Å². The molecule has 6 aromatic carbocycles. The molecule has 0 fully saturated rings. The predicted octanol–water partition coefficient (Wildman–Crippen LogP) is 10.5. The number of rotatable bonds is 8. The summed E-state index contributed by atoms with van der Waals surface area (Å²) in [7, 11) is 1.34. The number of methoxy groups -OCH3 is 1. The number of ether oxygens (including phenoxy) is 1. The third kappa shape index (κ3) is 9.10. The Kier molecular flexibility index (Phi) is 11.6. The van der Waals surface area contributed by atoms with Crippen molar-refractivity contribution < 1.29 is 29.0 Å². The third-order valence-corrected chi connectivity index (χ3v) is 8.87. The molecule has 0 bridgehead atoms. The fourth-order valence-corrected chi connectivity index (χ4v) is 6.41. The fourth-order valence-electron chi connectivity index (χ4n) is 6.41. The molecule has 6 rings (SSSR count). The Labute approximate surface area is 310 Å². The second-order valence-electron chi connectivity index (χ2n) is 13.5. The first-order valence-corrected chi connectivity index (χ1v) is 17.2. The van der Waals surface area contributed by atoms with Crippen molar-refractivity contribution in [2.24, 2.45) is 0 Å². The molecule has 0 radical (unpaired) electrons. The molecule has 0 atom stereocenters. The summed E-state index contributed by atoms with van der Waals surface area (Å²) in [4.78, 5) is 48.9. The molecular weight excluding hydrogens is 661 g/mol. The minimum Gasteiger partial charge on any atom is -0.478 e. The fraction of sp³-hybridized carbons (Fsp3) is 0.149. The molecule has 0 unspecified atom stereocenters. The van der Waals surface area contributed by atoms with Crippen LogP contribution in [0.1, 0.15) is 85.9 Å². The zero-order valence-corrected chi connectivity index (χ0v) is 31.0. The van der Waals surface area contributed by atoms with Gasteiger partial charge in [-0.2, -0.15) is 0 Å². The van der Waals surface area contributed by atoms with Gasteiger partial charge in [-0.25, -0.2) is 9.59 Å². The van der Waals surface area contributed by atoms with Crippen molar-refractivity contribution in [1.29, 1.82) is 0 Å². The van der Waals surface area contributed by atoms with Crippen molar-refractivity contribution in [2.45, 2.75) is 41.5 Å². The topological polar surface area (TPSA) is 97.7 Å². The summed E-state index contributed by atoms with van der Waals surface area (Å²) in [6.07, 6.45) is 0. The third-order valence-electron chi connectivity index (χ3n) is 8.87. The lowest BCUT2D eigenvalue weighted by molar-refractivity contribution is 0.0599. The van der Waals surface area contributed by atoms with Gasteiger partial charge in [-0.1, -0.05) is 118 Å². The lowest BCUT2D eigenvalue weighted by Gasteiger charge is -2.12. The van der Waals surface area contributed by atoms with Gasteiger partial charge >= 0.3 is 11.9 Å². The van der Waals surface area contributed by atoms with Gasteiger partial charge in [0, 0.05) is 22.3 Å². The van der Waals surface area contributed by atoms with E-state index in [1.807, 2.05) is 64.1 Å². The monoisotopic (exact) mass is 702 g/mol. The number of hydrogen-bond acceptors (Lipinski definition) is 5. The Balaban J connectivity index is 0.000000204. The van der Waals surface area contributed by atoms with Crippen LogP contribution in [0.15, 0.2) is 121 Å². The smallest absolute Gasteiger partial charge is 0.337 e. The standard InChI is InChI=1S/C24H22O3.C23H20O3/c1-15-5-10-21(20-12-16(2)11-17(3)13-20)22(14-15)23(25)18-6-8-19(9-7-18)24(26)27-4;1-14-4-9-20(19-11-15(2)10-16(3)12-19)21(13-14)22(24)17-5-7-18(8-6-17)23(25)26/h5-14H,1-4H3;4-13H,1-3H3,(H,25,26). The minimum atomic E-state index is -1.00. The molecule has 0 aliphatic heterocycles. The Hall–Kier alpha value is -6.40. The van der Waals surface area contributed by atoms with E-state index in [4.69, 9.17) is 9.84 Å². The Morgan fingerprint density at radius 2 is 0.755 bits per heavy atom. The van der Waals surface area contributed by atoms with E-state index >= 15 is 0 Å². The lowest BCUT2D eigenvalue weighted by atomic mass is 9.91. The van der Waals surface area contributed by atoms with Gasteiger partial charge in [-0.3, -0.25) is 9.59 Å². The van der Waals surface area contributed by atoms with Crippen LogP contribution in [0.25, 0.3) is 22.3 Å². The van der Waals surface area contributed by atoms with Crippen molar-refractivity contribution in [1.82, 2.24) is 0 Å². The number of aryl methyl sites for hydroxylation is 6. The van der Waals surface area contributed by atoms with Crippen molar-refractivity contribution in [2.75, 3.05) is 7.11 Å². The minimum absolute atomic E-state index is 0.0655. The van der Waals surface area contributed by atoms with E-state index in [1.165, 1.54) is 19.2 Å². The van der Waals surface area contributed by atoms with Gasteiger partial charge < -0.3 is 9.84 Å². The van der Waals surface area contributed by atoms with E-state index in [1.54, 1.807) is 36.4 Å². The maximum atomic E-state index is 13.2. The molecule has 0 aromatic heterocycles. The molecule has 0 aliphatic carbocycles. The van der Waals surface area contributed by atoms with Crippen LogP contribution in [0, 0.1) is 41.5 Å². The molecule has 0 aliphatic rings. The van der Waals surface area contributed by atoms with Crippen molar-refractivity contribution in [3.63, 3.8) is 0 Å². The van der Waals surface area contributed by atoms with Crippen LogP contribution in [0.4, 0.5) is 0 Å². The van der Waals surface area contributed by atoms with Crippen molar-refractivity contribution in [3.05, 3.63) is 188 Å². The van der Waals surface area contributed by atoms with Crippen LogP contribution in [0.2, 0.25) is 0 Å². The SMILES string of the molecule is COC(=O)c1ccc(C(=O)c2cc(C)ccc2-c2cc(C)cc(C)c2)cc1.Cc1cc(C)cc(-c2ccc(C)cc2C(=O)c2ccc(C(=O)O)cc2)c1. The number of esters is 1. The van der Waals surface area contributed by atoms with Gasteiger partial charge in [0.15, 0.2) is 11.6 Å². The Morgan fingerprint density at radius 3 is 1.09 bits per heavy atom. The average Bonchev–Trinajstić information content (AvgIpc) is 3.13. The highest BCUT2D eigenvalue weighted by molar-refractivity contribution is 6.14. The molecule has 6 aromatic rings.